The third-order valence-corrected chi connectivity index (χ3v) is 4.92. The Labute approximate surface area is 159 Å². The largest absolute Gasteiger partial charge is 0.497 e. The van der Waals surface area contributed by atoms with Crippen molar-refractivity contribution in [3.05, 3.63) is 65.7 Å². The minimum Gasteiger partial charge on any atom is -0.497 e. The third kappa shape index (κ3) is 5.09. The van der Waals surface area contributed by atoms with Gasteiger partial charge in [0.25, 0.3) is 5.91 Å². The van der Waals surface area contributed by atoms with Crippen LogP contribution in [0.15, 0.2) is 54.6 Å². The van der Waals surface area contributed by atoms with E-state index in [1.807, 2.05) is 54.6 Å². The second-order valence-corrected chi connectivity index (χ2v) is 6.77. The summed E-state index contributed by atoms with van der Waals surface area (Å²) >= 11 is 0. The highest BCUT2D eigenvalue weighted by Crippen LogP contribution is 2.26. The summed E-state index contributed by atoms with van der Waals surface area (Å²) in [7, 11) is 1.62. The van der Waals surface area contributed by atoms with Crippen molar-refractivity contribution in [2.24, 2.45) is 5.92 Å². The second-order valence-electron chi connectivity index (χ2n) is 6.77. The van der Waals surface area contributed by atoms with Crippen molar-refractivity contribution in [3.63, 3.8) is 0 Å². The lowest BCUT2D eigenvalue weighted by molar-refractivity contribution is -0.152. The predicted octanol–water partition coefficient (Wildman–Crippen LogP) is 3.63. The van der Waals surface area contributed by atoms with E-state index < -0.39 is 0 Å². The molecule has 2 aromatic rings. The number of nitrogens with one attached hydrogen (secondary N) is 1. The molecule has 0 saturated heterocycles. The number of ether oxygens (including phenoxy) is 2. The van der Waals surface area contributed by atoms with E-state index in [1.54, 1.807) is 7.11 Å². The molecule has 1 aliphatic carbocycles. The van der Waals surface area contributed by atoms with Crippen molar-refractivity contribution >= 4 is 11.9 Å². The number of rotatable bonds is 7. The maximum Gasteiger partial charge on any atom is 0.309 e. The van der Waals surface area contributed by atoms with Gasteiger partial charge in [0.2, 0.25) is 0 Å². The number of esters is 1. The van der Waals surface area contributed by atoms with Gasteiger partial charge in [-0.25, -0.2) is 0 Å². The molecule has 0 unspecified atom stereocenters. The van der Waals surface area contributed by atoms with Crippen LogP contribution in [0.1, 0.15) is 42.9 Å². The zero-order chi connectivity index (χ0) is 19.1. The molecule has 5 heteroatoms. The first-order valence-corrected chi connectivity index (χ1v) is 9.32. The molecule has 3 rings (SSSR count). The normalized spacial score (nSPS) is 15.1. The van der Waals surface area contributed by atoms with Gasteiger partial charge in [0.15, 0.2) is 6.61 Å². The summed E-state index contributed by atoms with van der Waals surface area (Å²) in [6, 6.07) is 16.9. The van der Waals surface area contributed by atoms with Crippen LogP contribution in [-0.2, 0) is 14.3 Å². The van der Waals surface area contributed by atoms with Crippen molar-refractivity contribution < 1.29 is 19.1 Å². The van der Waals surface area contributed by atoms with Gasteiger partial charge in [-0.05, 0) is 36.1 Å². The molecule has 2 aromatic carbocycles. The van der Waals surface area contributed by atoms with Crippen LogP contribution >= 0.6 is 0 Å². The summed E-state index contributed by atoms with van der Waals surface area (Å²) in [6.45, 7) is -0.255. The first-order chi connectivity index (χ1) is 13.2. The van der Waals surface area contributed by atoms with E-state index in [9.17, 15) is 9.59 Å². The zero-order valence-electron chi connectivity index (χ0n) is 15.5. The Hall–Kier alpha value is -2.82. The van der Waals surface area contributed by atoms with E-state index in [2.05, 4.69) is 5.32 Å². The van der Waals surface area contributed by atoms with Gasteiger partial charge in [-0.1, -0.05) is 55.3 Å². The molecule has 27 heavy (non-hydrogen) atoms. The summed E-state index contributed by atoms with van der Waals surface area (Å²) in [5, 5.41) is 2.98. The minimum atomic E-state index is -0.324. The van der Waals surface area contributed by atoms with Crippen molar-refractivity contribution in [1.29, 1.82) is 0 Å². The van der Waals surface area contributed by atoms with E-state index >= 15 is 0 Å². The Bertz CT molecular complexity index is 752. The number of carbonyl (C=O) groups excluding carboxylic acids is 2. The van der Waals surface area contributed by atoms with E-state index in [4.69, 9.17) is 9.47 Å². The average Bonchev–Trinajstić information content (AvgIpc) is 3.26. The number of methoxy groups -OCH3 is 1. The summed E-state index contributed by atoms with van der Waals surface area (Å²) < 4.78 is 10.4. The quantitative estimate of drug-likeness (QED) is 0.759. The molecule has 1 fully saturated rings. The highest BCUT2D eigenvalue weighted by molar-refractivity contribution is 5.82. The molecular formula is C22H25NO4. The van der Waals surface area contributed by atoms with Gasteiger partial charge >= 0.3 is 5.97 Å². The van der Waals surface area contributed by atoms with Crippen molar-refractivity contribution in [2.45, 2.75) is 31.7 Å². The van der Waals surface area contributed by atoms with Crippen molar-refractivity contribution in [3.8, 4) is 5.75 Å². The van der Waals surface area contributed by atoms with Crippen LogP contribution in [0.5, 0.6) is 5.75 Å². The lowest BCUT2D eigenvalue weighted by Crippen LogP contribution is -2.33. The topological polar surface area (TPSA) is 64.6 Å². The van der Waals surface area contributed by atoms with Gasteiger partial charge in [0.1, 0.15) is 5.75 Å². The molecule has 0 aliphatic heterocycles. The molecule has 0 heterocycles. The molecule has 0 aromatic heterocycles. The smallest absolute Gasteiger partial charge is 0.309 e. The molecule has 5 nitrogen and oxygen atoms in total. The van der Waals surface area contributed by atoms with Crippen LogP contribution in [0.25, 0.3) is 0 Å². The van der Waals surface area contributed by atoms with E-state index in [-0.39, 0.29) is 30.4 Å². The molecule has 1 aliphatic rings. The molecule has 0 bridgehead atoms. The van der Waals surface area contributed by atoms with E-state index in [1.165, 1.54) is 0 Å². The first kappa shape index (κ1) is 19.0. The number of benzene rings is 2. The van der Waals surface area contributed by atoms with E-state index in [0.29, 0.717) is 0 Å². The van der Waals surface area contributed by atoms with Crippen LogP contribution in [0, 0.1) is 5.92 Å². The van der Waals surface area contributed by atoms with Crippen LogP contribution in [-0.4, -0.2) is 25.6 Å². The van der Waals surface area contributed by atoms with Gasteiger partial charge in [0, 0.05) is 0 Å². The summed E-state index contributed by atoms with van der Waals surface area (Å²) in [5.41, 5.74) is 1.88. The second kappa shape index (κ2) is 9.21. The molecule has 1 N–H and O–H groups in total. The lowest BCUT2D eigenvalue weighted by Gasteiger charge is -2.20. The Morgan fingerprint density at radius 2 is 1.63 bits per heavy atom. The molecule has 1 saturated carbocycles. The fourth-order valence-electron chi connectivity index (χ4n) is 3.42. The van der Waals surface area contributed by atoms with Gasteiger partial charge < -0.3 is 14.8 Å². The van der Waals surface area contributed by atoms with Crippen LogP contribution < -0.4 is 10.1 Å². The first-order valence-electron chi connectivity index (χ1n) is 9.32. The summed E-state index contributed by atoms with van der Waals surface area (Å²) in [5.74, 6) is 0.126. The maximum atomic E-state index is 12.4. The SMILES string of the molecule is COc1ccc([C@@H](NC(=O)COC(=O)C2CCCC2)c2ccccc2)cc1. The summed E-state index contributed by atoms with van der Waals surface area (Å²) in [6.07, 6.45) is 3.83. The number of hydrogen-bond acceptors (Lipinski definition) is 4. The number of carbonyl (C=O) groups is 2. The zero-order valence-corrected chi connectivity index (χ0v) is 15.5. The molecule has 0 radical (unpaired) electrons. The molecule has 0 spiro atoms. The molecular weight excluding hydrogens is 342 g/mol. The van der Waals surface area contributed by atoms with Gasteiger partial charge in [-0.2, -0.15) is 0 Å². The summed E-state index contributed by atoms with van der Waals surface area (Å²) in [4.78, 5) is 24.5. The maximum absolute atomic E-state index is 12.4. The molecule has 1 atom stereocenters. The Kier molecular flexibility index (Phi) is 6.47. The van der Waals surface area contributed by atoms with Gasteiger partial charge in [-0.3, -0.25) is 9.59 Å². The Morgan fingerprint density at radius 1 is 1.00 bits per heavy atom. The van der Waals surface area contributed by atoms with Crippen LogP contribution in [0.3, 0.4) is 0 Å². The van der Waals surface area contributed by atoms with Gasteiger partial charge in [0.05, 0.1) is 19.1 Å². The lowest BCUT2D eigenvalue weighted by atomic mass is 9.98. The predicted molar refractivity (Wildman–Crippen MR) is 102 cm³/mol. The van der Waals surface area contributed by atoms with Gasteiger partial charge in [-0.15, -0.1) is 0 Å². The number of amides is 1. The monoisotopic (exact) mass is 367 g/mol. The van der Waals surface area contributed by atoms with Crippen molar-refractivity contribution in [2.75, 3.05) is 13.7 Å². The molecule has 142 valence electrons. The fraction of sp³-hybridized carbons (Fsp3) is 0.364. The highest BCUT2D eigenvalue weighted by atomic mass is 16.5. The van der Waals surface area contributed by atoms with Crippen molar-refractivity contribution in [1.82, 2.24) is 5.32 Å². The highest BCUT2D eigenvalue weighted by Gasteiger charge is 2.25. The fourth-order valence-corrected chi connectivity index (χ4v) is 3.42. The van der Waals surface area contributed by atoms with Crippen LogP contribution in [0.2, 0.25) is 0 Å². The standard InChI is InChI=1S/C22H25NO4/c1-26-19-13-11-17(12-14-19)21(16-7-3-2-4-8-16)23-20(24)15-27-22(25)18-9-5-6-10-18/h2-4,7-8,11-14,18,21H,5-6,9-10,15H2,1H3,(H,23,24)/t21-/m0/s1. The van der Waals surface area contributed by atoms with Crippen LogP contribution in [0.4, 0.5) is 0 Å². The Balaban J connectivity index is 1.67. The number of hydrogen-bond donors (Lipinski definition) is 1. The van der Waals surface area contributed by atoms with E-state index in [0.717, 1.165) is 42.6 Å². The average molecular weight is 367 g/mol. The minimum absolute atomic E-state index is 0.0516. The molecule has 1 amide bonds. The third-order valence-electron chi connectivity index (χ3n) is 4.92. The Morgan fingerprint density at radius 3 is 2.26 bits per heavy atom.